The minimum absolute atomic E-state index is 0. The second-order valence-corrected chi connectivity index (χ2v) is 2.06. The normalized spacial score (nSPS) is 12.3. The van der Waals surface area contributed by atoms with E-state index in [0.29, 0.717) is 0 Å². The van der Waals surface area contributed by atoms with Gasteiger partial charge in [0.15, 0.2) is 0 Å². The lowest BCUT2D eigenvalue weighted by atomic mass is 10.1. The monoisotopic (exact) mass is 153 g/mol. The average molecular weight is 154 g/mol. The summed E-state index contributed by atoms with van der Waals surface area (Å²) in [4.78, 5) is 0. The number of nitrogens with two attached hydrogens (primary N) is 1. The molecular formula is C6H16ClNO. The minimum Gasteiger partial charge on any atom is -0.396 e. The lowest BCUT2D eigenvalue weighted by molar-refractivity contribution is 0.273. The molecule has 0 aliphatic rings. The van der Waals surface area contributed by atoms with Gasteiger partial charge in [-0.2, -0.15) is 0 Å². The van der Waals surface area contributed by atoms with E-state index in [1.165, 1.54) is 0 Å². The van der Waals surface area contributed by atoms with Crippen LogP contribution in [0.15, 0.2) is 0 Å². The molecule has 1 atom stereocenters. The second-order valence-electron chi connectivity index (χ2n) is 2.06. The molecule has 0 saturated carbocycles. The fraction of sp³-hybridized carbons (Fsp3) is 1.00. The van der Waals surface area contributed by atoms with Crippen LogP contribution in [-0.2, 0) is 0 Å². The number of hydrogen-bond donors (Lipinski definition) is 2. The molecule has 0 aromatic rings. The Morgan fingerprint density at radius 1 is 1.44 bits per heavy atom. The molecule has 0 spiro atoms. The van der Waals surface area contributed by atoms with Gasteiger partial charge in [0.2, 0.25) is 0 Å². The van der Waals surface area contributed by atoms with Gasteiger partial charge in [-0.1, -0.05) is 13.3 Å². The number of aliphatic hydroxyl groups excluding tert-OH is 1. The molecule has 0 aromatic heterocycles. The van der Waals surface area contributed by atoms with Crippen LogP contribution >= 0.6 is 12.4 Å². The van der Waals surface area contributed by atoms with Gasteiger partial charge in [-0.05, 0) is 12.8 Å². The predicted molar refractivity (Wildman–Crippen MR) is 41.8 cm³/mol. The Bertz CT molecular complexity index is 46.3. The summed E-state index contributed by atoms with van der Waals surface area (Å²) >= 11 is 0. The molecular weight excluding hydrogens is 138 g/mol. The molecule has 0 bridgehead atoms. The largest absolute Gasteiger partial charge is 0.396 e. The fourth-order valence-corrected chi connectivity index (χ4v) is 0.681. The van der Waals surface area contributed by atoms with E-state index >= 15 is 0 Å². The summed E-state index contributed by atoms with van der Waals surface area (Å²) in [6.07, 6.45) is 2.88. The molecule has 9 heavy (non-hydrogen) atoms. The third kappa shape index (κ3) is 8.21. The van der Waals surface area contributed by atoms with E-state index in [2.05, 4.69) is 6.92 Å². The number of aliphatic hydroxyl groups is 1. The van der Waals surface area contributed by atoms with Crippen molar-refractivity contribution in [3.05, 3.63) is 0 Å². The topological polar surface area (TPSA) is 46.2 Å². The van der Waals surface area contributed by atoms with Crippen LogP contribution in [0.4, 0.5) is 0 Å². The van der Waals surface area contributed by atoms with Crippen LogP contribution in [0.1, 0.15) is 26.2 Å². The van der Waals surface area contributed by atoms with Gasteiger partial charge in [0.25, 0.3) is 0 Å². The summed E-state index contributed by atoms with van der Waals surface area (Å²) in [7, 11) is 0. The fourth-order valence-electron chi connectivity index (χ4n) is 0.681. The summed E-state index contributed by atoms with van der Waals surface area (Å²) in [6.45, 7) is 2.32. The Morgan fingerprint density at radius 2 is 2.00 bits per heavy atom. The average Bonchev–Trinajstić information content (AvgIpc) is 1.68. The lowest BCUT2D eigenvalue weighted by Gasteiger charge is -2.05. The highest BCUT2D eigenvalue weighted by atomic mass is 35.5. The first kappa shape index (κ1) is 11.9. The molecule has 0 fully saturated rings. The Morgan fingerprint density at radius 3 is 2.33 bits per heavy atom. The quantitative estimate of drug-likeness (QED) is 0.631. The van der Waals surface area contributed by atoms with Crippen LogP contribution in [0.2, 0.25) is 0 Å². The zero-order chi connectivity index (χ0) is 6.41. The van der Waals surface area contributed by atoms with Crippen molar-refractivity contribution in [2.45, 2.75) is 32.2 Å². The summed E-state index contributed by atoms with van der Waals surface area (Å²) in [6, 6.07) is 0.213. The lowest BCUT2D eigenvalue weighted by Crippen LogP contribution is -2.20. The summed E-state index contributed by atoms with van der Waals surface area (Å²) in [5.41, 5.74) is 5.53. The molecule has 0 amide bonds. The van der Waals surface area contributed by atoms with Crippen molar-refractivity contribution < 1.29 is 5.11 Å². The maximum Gasteiger partial charge on any atom is 0.0445 e. The molecule has 0 heterocycles. The molecule has 0 aliphatic heterocycles. The van der Waals surface area contributed by atoms with E-state index in [-0.39, 0.29) is 25.1 Å². The number of hydrogen-bond acceptors (Lipinski definition) is 2. The molecule has 0 unspecified atom stereocenters. The maximum atomic E-state index is 8.38. The summed E-state index contributed by atoms with van der Waals surface area (Å²) in [5.74, 6) is 0. The van der Waals surface area contributed by atoms with Crippen LogP contribution in [0, 0.1) is 0 Å². The maximum absolute atomic E-state index is 8.38. The molecule has 0 radical (unpaired) electrons. The second kappa shape index (κ2) is 8.21. The van der Waals surface area contributed by atoms with Crippen LogP contribution in [0.5, 0.6) is 0 Å². The van der Waals surface area contributed by atoms with Crippen LogP contribution in [-0.4, -0.2) is 17.8 Å². The van der Waals surface area contributed by atoms with Crippen molar-refractivity contribution in [2.75, 3.05) is 6.61 Å². The van der Waals surface area contributed by atoms with E-state index in [4.69, 9.17) is 10.8 Å². The smallest absolute Gasteiger partial charge is 0.0445 e. The minimum atomic E-state index is 0. The van der Waals surface area contributed by atoms with Crippen LogP contribution in [0.3, 0.4) is 0 Å². The third-order valence-electron chi connectivity index (χ3n) is 1.16. The predicted octanol–water partition coefficient (Wildman–Crippen LogP) is 0.918. The van der Waals surface area contributed by atoms with Crippen molar-refractivity contribution in [1.29, 1.82) is 0 Å². The van der Waals surface area contributed by atoms with E-state index in [1.807, 2.05) is 0 Å². The SMILES string of the molecule is CCC[C@H](N)CCO.Cl. The zero-order valence-electron chi connectivity index (χ0n) is 5.84. The molecule has 0 aromatic carbocycles. The van der Waals surface area contributed by atoms with Crippen molar-refractivity contribution in [1.82, 2.24) is 0 Å². The van der Waals surface area contributed by atoms with Crippen molar-refractivity contribution in [2.24, 2.45) is 5.73 Å². The van der Waals surface area contributed by atoms with Crippen LogP contribution in [0.25, 0.3) is 0 Å². The number of rotatable bonds is 4. The molecule has 58 valence electrons. The Balaban J connectivity index is 0. The summed E-state index contributed by atoms with van der Waals surface area (Å²) < 4.78 is 0. The Labute approximate surface area is 62.9 Å². The number of halogens is 1. The van der Waals surface area contributed by atoms with Gasteiger partial charge in [-0.25, -0.2) is 0 Å². The highest BCUT2D eigenvalue weighted by Crippen LogP contribution is 1.95. The molecule has 2 nitrogen and oxygen atoms in total. The van der Waals surface area contributed by atoms with Gasteiger partial charge in [0, 0.05) is 12.6 Å². The standard InChI is InChI=1S/C6H15NO.ClH/c1-2-3-6(7)4-5-8;/h6,8H,2-5,7H2,1H3;1H/t6-;/m0./s1. The molecule has 0 saturated heterocycles. The Hall–Kier alpha value is 0.210. The molecule has 0 aliphatic carbocycles. The van der Waals surface area contributed by atoms with Crippen molar-refractivity contribution >= 4 is 12.4 Å². The molecule has 3 heteroatoms. The highest BCUT2D eigenvalue weighted by Gasteiger charge is 1.96. The Kier molecular flexibility index (Phi) is 10.9. The molecule has 3 N–H and O–H groups in total. The zero-order valence-corrected chi connectivity index (χ0v) is 6.66. The molecule has 0 rings (SSSR count). The van der Waals surface area contributed by atoms with Crippen molar-refractivity contribution in [3.63, 3.8) is 0 Å². The first-order chi connectivity index (χ1) is 3.81. The van der Waals surface area contributed by atoms with Gasteiger partial charge in [-0.15, -0.1) is 12.4 Å². The first-order valence-electron chi connectivity index (χ1n) is 3.17. The third-order valence-corrected chi connectivity index (χ3v) is 1.16. The van der Waals surface area contributed by atoms with Crippen LogP contribution < -0.4 is 5.73 Å². The van der Waals surface area contributed by atoms with E-state index in [0.717, 1.165) is 19.3 Å². The van der Waals surface area contributed by atoms with E-state index < -0.39 is 0 Å². The van der Waals surface area contributed by atoms with Gasteiger partial charge in [0.05, 0.1) is 0 Å². The van der Waals surface area contributed by atoms with E-state index in [1.54, 1.807) is 0 Å². The highest BCUT2D eigenvalue weighted by molar-refractivity contribution is 5.85. The van der Waals surface area contributed by atoms with E-state index in [9.17, 15) is 0 Å². The van der Waals surface area contributed by atoms with Gasteiger partial charge >= 0.3 is 0 Å². The first-order valence-corrected chi connectivity index (χ1v) is 3.17. The summed E-state index contributed by atoms with van der Waals surface area (Å²) in [5, 5.41) is 8.38. The van der Waals surface area contributed by atoms with Crippen molar-refractivity contribution in [3.8, 4) is 0 Å². The van der Waals surface area contributed by atoms with Gasteiger partial charge in [-0.3, -0.25) is 0 Å². The van der Waals surface area contributed by atoms with Gasteiger partial charge in [0.1, 0.15) is 0 Å². The van der Waals surface area contributed by atoms with Gasteiger partial charge < -0.3 is 10.8 Å².